The Bertz CT molecular complexity index is 456. The average molecular weight is 253 g/mol. The summed E-state index contributed by atoms with van der Waals surface area (Å²) in [6, 6.07) is 3.90. The molecule has 1 rings (SSSR count). The maximum Gasteiger partial charge on any atom is 0.337 e. The first-order valence-electron chi connectivity index (χ1n) is 5.45. The van der Waals surface area contributed by atoms with Crippen LogP contribution in [0.2, 0.25) is 0 Å². The monoisotopic (exact) mass is 253 g/mol. The Morgan fingerprint density at radius 1 is 1.44 bits per heavy atom. The molecule has 6 heteroatoms. The molecule has 0 aliphatic carbocycles. The van der Waals surface area contributed by atoms with Crippen LogP contribution in [0.3, 0.4) is 0 Å². The zero-order chi connectivity index (χ0) is 13.7. The molecule has 0 amide bonds. The van der Waals surface area contributed by atoms with Crippen LogP contribution in [-0.2, 0) is 4.74 Å². The summed E-state index contributed by atoms with van der Waals surface area (Å²) in [5.41, 5.74) is 0.0603. The summed E-state index contributed by atoms with van der Waals surface area (Å²) in [5, 5.41) is 10.8. The summed E-state index contributed by atoms with van der Waals surface area (Å²) >= 11 is 0. The molecule has 98 valence electrons. The second kappa shape index (κ2) is 6.00. The Morgan fingerprint density at radius 2 is 2.11 bits per heavy atom. The number of carbonyl (C=O) groups excluding carboxylic acids is 1. The molecule has 0 fully saturated rings. The van der Waals surface area contributed by atoms with Gasteiger partial charge in [-0.1, -0.05) is 13.8 Å². The molecule has 0 aliphatic heterocycles. The first-order valence-corrected chi connectivity index (χ1v) is 5.45. The fraction of sp³-hybridized carbons (Fsp3) is 0.417. The summed E-state index contributed by atoms with van der Waals surface area (Å²) < 4.78 is 9.90. The van der Waals surface area contributed by atoms with Gasteiger partial charge in [0.05, 0.1) is 24.2 Å². The van der Waals surface area contributed by atoms with Crippen LogP contribution in [0.15, 0.2) is 18.2 Å². The van der Waals surface area contributed by atoms with E-state index in [9.17, 15) is 14.9 Å². The van der Waals surface area contributed by atoms with Crippen molar-refractivity contribution in [3.8, 4) is 5.75 Å². The van der Waals surface area contributed by atoms with Gasteiger partial charge in [-0.05, 0) is 12.0 Å². The molecule has 0 unspecified atom stereocenters. The SMILES string of the molecule is COC(=O)c1ccc([N+](=O)[O-])c(OCC(C)C)c1. The van der Waals surface area contributed by atoms with Gasteiger partial charge >= 0.3 is 11.7 Å². The molecule has 6 nitrogen and oxygen atoms in total. The van der Waals surface area contributed by atoms with E-state index in [1.165, 1.54) is 25.3 Å². The highest BCUT2D eigenvalue weighted by molar-refractivity contribution is 5.90. The Kier molecular flexibility index (Phi) is 4.65. The molecule has 0 bridgehead atoms. The van der Waals surface area contributed by atoms with Gasteiger partial charge in [-0.3, -0.25) is 10.1 Å². The average Bonchev–Trinajstić information content (AvgIpc) is 2.34. The summed E-state index contributed by atoms with van der Waals surface area (Å²) in [6.45, 7) is 4.19. The summed E-state index contributed by atoms with van der Waals surface area (Å²) in [5.74, 6) is -0.248. The van der Waals surface area contributed by atoms with Crippen LogP contribution >= 0.6 is 0 Å². The number of hydrogen-bond donors (Lipinski definition) is 0. The third-order valence-electron chi connectivity index (χ3n) is 2.15. The second-order valence-electron chi connectivity index (χ2n) is 4.14. The van der Waals surface area contributed by atoms with E-state index < -0.39 is 10.9 Å². The quantitative estimate of drug-likeness (QED) is 0.457. The fourth-order valence-corrected chi connectivity index (χ4v) is 1.28. The lowest BCUT2D eigenvalue weighted by Crippen LogP contribution is -2.08. The number of nitrogens with zero attached hydrogens (tertiary/aromatic N) is 1. The third-order valence-corrected chi connectivity index (χ3v) is 2.15. The van der Waals surface area contributed by atoms with Crippen LogP contribution < -0.4 is 4.74 Å². The number of nitro benzene ring substituents is 1. The van der Waals surface area contributed by atoms with Crippen molar-refractivity contribution in [3.63, 3.8) is 0 Å². The topological polar surface area (TPSA) is 78.7 Å². The van der Waals surface area contributed by atoms with Crippen molar-refractivity contribution < 1.29 is 19.2 Å². The highest BCUT2D eigenvalue weighted by Crippen LogP contribution is 2.28. The number of hydrogen-bond acceptors (Lipinski definition) is 5. The molecule has 0 heterocycles. The number of ether oxygens (including phenoxy) is 2. The molecule has 0 atom stereocenters. The third kappa shape index (κ3) is 3.44. The molecule has 0 aromatic heterocycles. The van der Waals surface area contributed by atoms with E-state index in [0.29, 0.717) is 6.61 Å². The predicted octanol–water partition coefficient (Wildman–Crippen LogP) is 2.42. The number of benzene rings is 1. The lowest BCUT2D eigenvalue weighted by Gasteiger charge is -2.09. The standard InChI is InChI=1S/C12H15NO5/c1-8(2)7-18-11-6-9(12(14)17-3)4-5-10(11)13(15)16/h4-6,8H,7H2,1-3H3. The molecule has 0 saturated heterocycles. The van der Waals surface area contributed by atoms with E-state index in [2.05, 4.69) is 4.74 Å². The van der Waals surface area contributed by atoms with Crippen molar-refractivity contribution in [1.82, 2.24) is 0 Å². The Hall–Kier alpha value is -2.11. The van der Waals surface area contributed by atoms with Crippen molar-refractivity contribution in [2.24, 2.45) is 5.92 Å². The predicted molar refractivity (Wildman–Crippen MR) is 64.8 cm³/mol. The van der Waals surface area contributed by atoms with Gasteiger partial charge in [-0.15, -0.1) is 0 Å². The Balaban J connectivity index is 3.07. The van der Waals surface area contributed by atoms with Crippen molar-refractivity contribution >= 4 is 11.7 Å². The van der Waals surface area contributed by atoms with Gasteiger partial charge in [0.2, 0.25) is 0 Å². The number of esters is 1. The molecule has 0 spiro atoms. The smallest absolute Gasteiger partial charge is 0.337 e. The van der Waals surface area contributed by atoms with Crippen molar-refractivity contribution in [1.29, 1.82) is 0 Å². The molecule has 0 N–H and O–H groups in total. The molecule has 0 aliphatic rings. The lowest BCUT2D eigenvalue weighted by atomic mass is 10.2. The van der Waals surface area contributed by atoms with Crippen LogP contribution in [0.4, 0.5) is 5.69 Å². The number of carbonyl (C=O) groups is 1. The van der Waals surface area contributed by atoms with E-state index in [0.717, 1.165) is 0 Å². The summed E-state index contributed by atoms with van der Waals surface area (Å²) in [6.07, 6.45) is 0. The zero-order valence-corrected chi connectivity index (χ0v) is 10.5. The first-order chi connectivity index (χ1) is 8.45. The number of methoxy groups -OCH3 is 1. The Labute approximate surface area is 105 Å². The van der Waals surface area contributed by atoms with Crippen molar-refractivity contribution in [2.45, 2.75) is 13.8 Å². The normalized spacial score (nSPS) is 10.2. The fourth-order valence-electron chi connectivity index (χ4n) is 1.28. The van der Waals surface area contributed by atoms with E-state index in [-0.39, 0.29) is 22.9 Å². The minimum atomic E-state index is -0.556. The van der Waals surface area contributed by atoms with Crippen molar-refractivity contribution in [2.75, 3.05) is 13.7 Å². The molecule has 0 saturated carbocycles. The maximum atomic E-state index is 11.3. The molecule has 0 radical (unpaired) electrons. The summed E-state index contributed by atoms with van der Waals surface area (Å²) in [7, 11) is 1.25. The van der Waals surface area contributed by atoms with Gasteiger partial charge in [0, 0.05) is 12.1 Å². The van der Waals surface area contributed by atoms with E-state index in [1.807, 2.05) is 13.8 Å². The van der Waals surface area contributed by atoms with Gasteiger partial charge < -0.3 is 9.47 Å². The number of nitro groups is 1. The van der Waals surface area contributed by atoms with Crippen LogP contribution in [0.25, 0.3) is 0 Å². The summed E-state index contributed by atoms with van der Waals surface area (Å²) in [4.78, 5) is 21.6. The van der Waals surface area contributed by atoms with Crippen LogP contribution in [-0.4, -0.2) is 24.6 Å². The largest absolute Gasteiger partial charge is 0.487 e. The van der Waals surface area contributed by atoms with Gasteiger partial charge in [0.25, 0.3) is 0 Å². The maximum absolute atomic E-state index is 11.3. The highest BCUT2D eigenvalue weighted by atomic mass is 16.6. The molecular formula is C12H15NO5. The van der Waals surface area contributed by atoms with E-state index in [1.54, 1.807) is 0 Å². The van der Waals surface area contributed by atoms with Crippen LogP contribution in [0.5, 0.6) is 5.75 Å². The van der Waals surface area contributed by atoms with E-state index >= 15 is 0 Å². The van der Waals surface area contributed by atoms with Gasteiger partial charge in [-0.25, -0.2) is 4.79 Å². The lowest BCUT2D eigenvalue weighted by molar-refractivity contribution is -0.385. The van der Waals surface area contributed by atoms with Crippen molar-refractivity contribution in [3.05, 3.63) is 33.9 Å². The minimum absolute atomic E-state index is 0.0802. The van der Waals surface area contributed by atoms with E-state index in [4.69, 9.17) is 4.74 Å². The van der Waals surface area contributed by atoms with Gasteiger partial charge in [0.15, 0.2) is 5.75 Å². The number of rotatable bonds is 5. The van der Waals surface area contributed by atoms with Gasteiger partial charge in [-0.2, -0.15) is 0 Å². The first kappa shape index (κ1) is 14.0. The molecule has 18 heavy (non-hydrogen) atoms. The molecule has 1 aromatic carbocycles. The molecular weight excluding hydrogens is 238 g/mol. The minimum Gasteiger partial charge on any atom is -0.487 e. The second-order valence-corrected chi connectivity index (χ2v) is 4.14. The highest BCUT2D eigenvalue weighted by Gasteiger charge is 2.18. The van der Waals surface area contributed by atoms with Gasteiger partial charge in [0.1, 0.15) is 0 Å². The zero-order valence-electron chi connectivity index (χ0n) is 10.5. The molecule has 1 aromatic rings. The van der Waals surface area contributed by atoms with Crippen LogP contribution in [0, 0.1) is 16.0 Å². The Morgan fingerprint density at radius 3 is 2.61 bits per heavy atom. The van der Waals surface area contributed by atoms with Crippen LogP contribution in [0.1, 0.15) is 24.2 Å².